The van der Waals surface area contributed by atoms with Gasteiger partial charge in [-0.15, -0.1) is 0 Å². The minimum atomic E-state index is 0.613. The first-order valence-electron chi connectivity index (χ1n) is 9.92. The Hall–Kier alpha value is -1.81. The summed E-state index contributed by atoms with van der Waals surface area (Å²) < 4.78 is 2.19. The zero-order chi connectivity index (χ0) is 17.2. The van der Waals surface area contributed by atoms with Crippen molar-refractivity contribution in [2.24, 2.45) is 0 Å². The number of hydrogen-bond donors (Lipinski definition) is 1. The fourth-order valence-electron chi connectivity index (χ4n) is 4.35. The van der Waals surface area contributed by atoms with Gasteiger partial charge in [-0.3, -0.25) is 0 Å². The highest BCUT2D eigenvalue weighted by atomic mass is 15.3. The lowest BCUT2D eigenvalue weighted by atomic mass is 9.90. The van der Waals surface area contributed by atoms with E-state index < -0.39 is 0 Å². The van der Waals surface area contributed by atoms with Gasteiger partial charge in [-0.2, -0.15) is 5.10 Å². The van der Waals surface area contributed by atoms with Gasteiger partial charge in [0.2, 0.25) is 0 Å². The zero-order valence-corrected chi connectivity index (χ0v) is 15.6. The molecule has 0 atom stereocenters. The van der Waals surface area contributed by atoms with Crippen molar-refractivity contribution in [3.8, 4) is 5.69 Å². The Balaban J connectivity index is 1.74. The smallest absolute Gasteiger partial charge is 0.133 e. The summed E-state index contributed by atoms with van der Waals surface area (Å²) in [7, 11) is 0. The summed E-state index contributed by atoms with van der Waals surface area (Å²) in [5.74, 6) is 1.86. The SMILES string of the molecule is CCN1CCC(c2nn(-c3ccccc3C)c3c2CCCCN3)CC1. The van der Waals surface area contributed by atoms with Crippen molar-refractivity contribution >= 4 is 5.82 Å². The molecule has 0 bridgehead atoms. The Labute approximate surface area is 151 Å². The number of likely N-dealkylation sites (tertiary alicyclic amines) is 1. The molecule has 1 saturated heterocycles. The second kappa shape index (κ2) is 7.20. The van der Waals surface area contributed by atoms with Gasteiger partial charge in [0.1, 0.15) is 5.82 Å². The Bertz CT molecular complexity index is 725. The fraction of sp³-hybridized carbons (Fsp3) is 0.571. The van der Waals surface area contributed by atoms with Crippen molar-refractivity contribution in [1.29, 1.82) is 0 Å². The second-order valence-electron chi connectivity index (χ2n) is 7.50. The van der Waals surface area contributed by atoms with E-state index in [0.717, 1.165) is 13.0 Å². The van der Waals surface area contributed by atoms with E-state index in [1.54, 1.807) is 0 Å². The third-order valence-electron chi connectivity index (χ3n) is 5.93. The molecule has 134 valence electrons. The topological polar surface area (TPSA) is 33.1 Å². The highest BCUT2D eigenvalue weighted by molar-refractivity contribution is 5.56. The van der Waals surface area contributed by atoms with Gasteiger partial charge in [0.25, 0.3) is 0 Å². The molecular formula is C21H30N4. The van der Waals surface area contributed by atoms with Crippen molar-refractivity contribution in [2.45, 2.75) is 51.9 Å². The number of piperidine rings is 1. The van der Waals surface area contributed by atoms with Crippen LogP contribution in [0.15, 0.2) is 24.3 Å². The van der Waals surface area contributed by atoms with E-state index in [1.807, 2.05) is 0 Å². The molecule has 1 aromatic heterocycles. The highest BCUT2D eigenvalue weighted by Gasteiger charge is 2.28. The van der Waals surface area contributed by atoms with Crippen LogP contribution in [0.4, 0.5) is 5.82 Å². The molecule has 0 amide bonds. The molecule has 4 heteroatoms. The highest BCUT2D eigenvalue weighted by Crippen LogP contribution is 2.36. The summed E-state index contributed by atoms with van der Waals surface area (Å²) in [6.07, 6.45) is 6.16. The number of aromatic nitrogens is 2. The van der Waals surface area contributed by atoms with Gasteiger partial charge in [0.05, 0.1) is 11.4 Å². The molecule has 1 fully saturated rings. The molecule has 2 aromatic rings. The van der Waals surface area contributed by atoms with E-state index in [2.05, 4.69) is 53.0 Å². The van der Waals surface area contributed by atoms with Crippen molar-refractivity contribution in [2.75, 3.05) is 31.5 Å². The van der Waals surface area contributed by atoms with Crippen LogP contribution in [0.1, 0.15) is 55.3 Å². The zero-order valence-electron chi connectivity index (χ0n) is 15.6. The number of nitrogens with one attached hydrogen (secondary N) is 1. The maximum atomic E-state index is 5.17. The molecule has 0 saturated carbocycles. The molecule has 4 nitrogen and oxygen atoms in total. The van der Waals surface area contributed by atoms with Gasteiger partial charge in [-0.25, -0.2) is 4.68 Å². The predicted molar refractivity (Wildman–Crippen MR) is 104 cm³/mol. The van der Waals surface area contributed by atoms with Crippen molar-refractivity contribution in [3.05, 3.63) is 41.1 Å². The number of benzene rings is 1. The Morgan fingerprint density at radius 2 is 1.96 bits per heavy atom. The molecule has 2 aliphatic heterocycles. The summed E-state index contributed by atoms with van der Waals surface area (Å²) in [4.78, 5) is 2.56. The van der Waals surface area contributed by atoms with Crippen LogP contribution >= 0.6 is 0 Å². The standard InChI is InChI=1S/C21H30N4/c1-3-24-14-11-17(12-15-24)20-18-9-6-7-13-22-21(18)25(23-20)19-10-5-4-8-16(19)2/h4-5,8,10,17,22H,3,6-7,9,11-15H2,1-2H3. The largest absolute Gasteiger partial charge is 0.370 e. The molecule has 1 aromatic carbocycles. The van der Waals surface area contributed by atoms with Crippen molar-refractivity contribution < 1.29 is 0 Å². The number of para-hydroxylation sites is 1. The van der Waals surface area contributed by atoms with Gasteiger partial charge in [-0.05, 0) is 70.3 Å². The van der Waals surface area contributed by atoms with Gasteiger partial charge in [-0.1, -0.05) is 25.1 Å². The molecular weight excluding hydrogens is 308 g/mol. The number of anilines is 1. The molecule has 0 spiro atoms. The lowest BCUT2D eigenvalue weighted by molar-refractivity contribution is 0.220. The summed E-state index contributed by atoms with van der Waals surface area (Å²) in [5.41, 5.74) is 5.34. The fourth-order valence-corrected chi connectivity index (χ4v) is 4.35. The maximum Gasteiger partial charge on any atom is 0.133 e. The molecule has 0 radical (unpaired) electrons. The van der Waals surface area contributed by atoms with E-state index in [4.69, 9.17) is 5.10 Å². The van der Waals surface area contributed by atoms with Gasteiger partial charge >= 0.3 is 0 Å². The van der Waals surface area contributed by atoms with E-state index >= 15 is 0 Å². The molecule has 1 N–H and O–H groups in total. The Kier molecular flexibility index (Phi) is 4.80. The third-order valence-corrected chi connectivity index (χ3v) is 5.93. The summed E-state index contributed by atoms with van der Waals surface area (Å²) in [5, 5.41) is 8.86. The molecule has 2 aliphatic rings. The van der Waals surface area contributed by atoms with Crippen molar-refractivity contribution in [1.82, 2.24) is 14.7 Å². The number of nitrogens with zero attached hydrogens (tertiary/aromatic N) is 3. The Morgan fingerprint density at radius 3 is 2.72 bits per heavy atom. The van der Waals surface area contributed by atoms with Gasteiger partial charge in [0.15, 0.2) is 0 Å². The van der Waals surface area contributed by atoms with Crippen LogP contribution in [-0.2, 0) is 6.42 Å². The molecule has 4 rings (SSSR count). The lowest BCUT2D eigenvalue weighted by Gasteiger charge is -2.30. The first-order chi connectivity index (χ1) is 12.3. The molecule has 3 heterocycles. The minimum absolute atomic E-state index is 0.613. The van der Waals surface area contributed by atoms with E-state index in [-0.39, 0.29) is 0 Å². The summed E-state index contributed by atoms with van der Waals surface area (Å²) in [6, 6.07) is 8.60. The first-order valence-corrected chi connectivity index (χ1v) is 9.92. The van der Waals surface area contributed by atoms with Crippen LogP contribution in [0.2, 0.25) is 0 Å². The van der Waals surface area contributed by atoms with Crippen LogP contribution in [0.5, 0.6) is 0 Å². The van der Waals surface area contributed by atoms with Crippen molar-refractivity contribution in [3.63, 3.8) is 0 Å². The number of rotatable bonds is 3. The maximum absolute atomic E-state index is 5.17. The normalized spacial score (nSPS) is 19.3. The second-order valence-corrected chi connectivity index (χ2v) is 7.50. The summed E-state index contributed by atoms with van der Waals surface area (Å²) in [6.45, 7) is 9.09. The number of aryl methyl sites for hydroxylation is 1. The predicted octanol–water partition coefficient (Wildman–Crippen LogP) is 4.13. The lowest BCUT2D eigenvalue weighted by Crippen LogP contribution is -2.33. The van der Waals surface area contributed by atoms with Crippen LogP contribution in [0.25, 0.3) is 5.69 Å². The summed E-state index contributed by atoms with van der Waals surface area (Å²) >= 11 is 0. The average molecular weight is 338 g/mol. The van der Waals surface area contributed by atoms with E-state index in [1.165, 1.54) is 73.6 Å². The van der Waals surface area contributed by atoms with Gasteiger partial charge < -0.3 is 10.2 Å². The molecule has 25 heavy (non-hydrogen) atoms. The molecule has 0 aliphatic carbocycles. The number of hydrogen-bond acceptors (Lipinski definition) is 3. The Morgan fingerprint density at radius 1 is 1.16 bits per heavy atom. The molecule has 0 unspecified atom stereocenters. The quantitative estimate of drug-likeness (QED) is 0.913. The third kappa shape index (κ3) is 3.20. The monoisotopic (exact) mass is 338 g/mol. The van der Waals surface area contributed by atoms with Crippen LogP contribution in [-0.4, -0.2) is 40.9 Å². The average Bonchev–Trinajstić information content (AvgIpc) is 2.83. The van der Waals surface area contributed by atoms with Crippen LogP contribution in [0.3, 0.4) is 0 Å². The van der Waals surface area contributed by atoms with E-state index in [0.29, 0.717) is 5.92 Å². The van der Waals surface area contributed by atoms with Crippen LogP contribution in [0, 0.1) is 6.92 Å². The first kappa shape index (κ1) is 16.6. The van der Waals surface area contributed by atoms with E-state index in [9.17, 15) is 0 Å². The number of fused-ring (bicyclic) bond motifs is 1. The minimum Gasteiger partial charge on any atom is -0.370 e. The van der Waals surface area contributed by atoms with Crippen LogP contribution < -0.4 is 5.32 Å². The van der Waals surface area contributed by atoms with Gasteiger partial charge in [0, 0.05) is 18.0 Å².